The van der Waals surface area contributed by atoms with Crippen LogP contribution in [0.25, 0.3) is 0 Å². The standard InChI is InChI=1S/C13H24O4/c1-4-5-6-7-15-8-9-16-10-11-17-13(14)12(2)3/h2,4-11H2,1,3H3. The zero-order valence-corrected chi connectivity index (χ0v) is 11.0. The Morgan fingerprint density at radius 1 is 1.00 bits per heavy atom. The molecule has 0 aliphatic rings. The van der Waals surface area contributed by atoms with Gasteiger partial charge < -0.3 is 14.2 Å². The Hall–Kier alpha value is -0.870. The molecule has 0 spiro atoms. The molecule has 0 aromatic rings. The van der Waals surface area contributed by atoms with Gasteiger partial charge in [0, 0.05) is 12.2 Å². The third kappa shape index (κ3) is 11.4. The fourth-order valence-corrected chi connectivity index (χ4v) is 1.09. The van der Waals surface area contributed by atoms with E-state index in [0.717, 1.165) is 13.0 Å². The number of carbonyl (C=O) groups is 1. The maximum Gasteiger partial charge on any atom is 0.333 e. The van der Waals surface area contributed by atoms with Crippen LogP contribution in [0.5, 0.6) is 0 Å². The van der Waals surface area contributed by atoms with E-state index < -0.39 is 0 Å². The van der Waals surface area contributed by atoms with Crippen LogP contribution in [0.3, 0.4) is 0 Å². The van der Waals surface area contributed by atoms with Crippen molar-refractivity contribution in [1.82, 2.24) is 0 Å². The van der Waals surface area contributed by atoms with Crippen molar-refractivity contribution in [3.8, 4) is 0 Å². The van der Waals surface area contributed by atoms with E-state index in [-0.39, 0.29) is 12.6 Å². The van der Waals surface area contributed by atoms with Crippen LogP contribution in [0.1, 0.15) is 33.1 Å². The molecular formula is C13H24O4. The van der Waals surface area contributed by atoms with E-state index in [9.17, 15) is 4.79 Å². The molecule has 0 aliphatic carbocycles. The van der Waals surface area contributed by atoms with E-state index in [0.29, 0.717) is 25.4 Å². The summed E-state index contributed by atoms with van der Waals surface area (Å²) >= 11 is 0. The molecule has 4 nitrogen and oxygen atoms in total. The van der Waals surface area contributed by atoms with Gasteiger partial charge in [-0.3, -0.25) is 0 Å². The van der Waals surface area contributed by atoms with Gasteiger partial charge in [-0.2, -0.15) is 0 Å². The second-order valence-corrected chi connectivity index (χ2v) is 3.85. The Morgan fingerprint density at radius 3 is 2.18 bits per heavy atom. The first-order chi connectivity index (χ1) is 8.18. The lowest BCUT2D eigenvalue weighted by atomic mass is 10.3. The van der Waals surface area contributed by atoms with Crippen molar-refractivity contribution in [2.75, 3.05) is 33.0 Å². The van der Waals surface area contributed by atoms with Crippen molar-refractivity contribution in [3.05, 3.63) is 12.2 Å². The minimum absolute atomic E-state index is 0.265. The van der Waals surface area contributed by atoms with Gasteiger partial charge in [0.25, 0.3) is 0 Å². The summed E-state index contributed by atoms with van der Waals surface area (Å²) in [5.74, 6) is -0.371. The van der Waals surface area contributed by atoms with Gasteiger partial charge in [-0.25, -0.2) is 4.79 Å². The van der Waals surface area contributed by atoms with E-state index in [1.165, 1.54) is 12.8 Å². The highest BCUT2D eigenvalue weighted by Gasteiger charge is 2.01. The molecule has 0 radical (unpaired) electrons. The number of carbonyl (C=O) groups excluding carboxylic acids is 1. The number of hydrogen-bond acceptors (Lipinski definition) is 4. The zero-order valence-electron chi connectivity index (χ0n) is 11.0. The van der Waals surface area contributed by atoms with Crippen molar-refractivity contribution in [2.45, 2.75) is 33.1 Å². The van der Waals surface area contributed by atoms with Crippen molar-refractivity contribution in [1.29, 1.82) is 0 Å². The van der Waals surface area contributed by atoms with Gasteiger partial charge >= 0.3 is 5.97 Å². The predicted molar refractivity (Wildman–Crippen MR) is 66.9 cm³/mol. The predicted octanol–water partition coefficient (Wildman–Crippen LogP) is 2.33. The van der Waals surface area contributed by atoms with Crippen LogP contribution >= 0.6 is 0 Å². The SMILES string of the molecule is C=C(C)C(=O)OCCOCCOCCCCC. The Balaban J connectivity index is 3.08. The van der Waals surface area contributed by atoms with Gasteiger partial charge in [0.1, 0.15) is 6.61 Å². The first-order valence-electron chi connectivity index (χ1n) is 6.16. The molecule has 0 saturated heterocycles. The smallest absolute Gasteiger partial charge is 0.333 e. The van der Waals surface area contributed by atoms with E-state index in [2.05, 4.69) is 13.5 Å². The van der Waals surface area contributed by atoms with Crippen LogP contribution in [-0.4, -0.2) is 39.0 Å². The van der Waals surface area contributed by atoms with Gasteiger partial charge in [-0.15, -0.1) is 0 Å². The van der Waals surface area contributed by atoms with E-state index in [4.69, 9.17) is 14.2 Å². The summed E-state index contributed by atoms with van der Waals surface area (Å²) in [6.45, 7) is 9.86. The van der Waals surface area contributed by atoms with Crippen LogP contribution in [-0.2, 0) is 19.0 Å². The molecular weight excluding hydrogens is 220 g/mol. The van der Waals surface area contributed by atoms with Crippen LogP contribution in [0, 0.1) is 0 Å². The second kappa shape index (κ2) is 11.6. The molecule has 0 bridgehead atoms. The monoisotopic (exact) mass is 244 g/mol. The highest BCUT2D eigenvalue weighted by molar-refractivity contribution is 5.86. The molecule has 0 atom stereocenters. The van der Waals surface area contributed by atoms with Crippen LogP contribution in [0.15, 0.2) is 12.2 Å². The highest BCUT2D eigenvalue weighted by Crippen LogP contribution is 1.94. The van der Waals surface area contributed by atoms with Crippen molar-refractivity contribution >= 4 is 5.97 Å². The van der Waals surface area contributed by atoms with Crippen LogP contribution < -0.4 is 0 Å². The maximum atomic E-state index is 11.0. The highest BCUT2D eigenvalue weighted by atomic mass is 16.6. The first-order valence-corrected chi connectivity index (χ1v) is 6.16. The molecule has 0 aliphatic heterocycles. The molecule has 0 aromatic heterocycles. The molecule has 0 fully saturated rings. The fourth-order valence-electron chi connectivity index (χ4n) is 1.09. The van der Waals surface area contributed by atoms with Gasteiger partial charge in [0.05, 0.1) is 19.8 Å². The van der Waals surface area contributed by atoms with E-state index in [1.54, 1.807) is 6.92 Å². The molecule has 0 heterocycles. The van der Waals surface area contributed by atoms with Gasteiger partial charge in [0.15, 0.2) is 0 Å². The van der Waals surface area contributed by atoms with Crippen LogP contribution in [0.4, 0.5) is 0 Å². The zero-order chi connectivity index (χ0) is 12.9. The topological polar surface area (TPSA) is 44.8 Å². The van der Waals surface area contributed by atoms with Gasteiger partial charge in [0.2, 0.25) is 0 Å². The molecule has 0 amide bonds. The minimum Gasteiger partial charge on any atom is -0.460 e. The molecule has 4 heteroatoms. The number of unbranched alkanes of at least 4 members (excludes halogenated alkanes) is 2. The first kappa shape index (κ1) is 16.1. The Bertz CT molecular complexity index is 213. The molecule has 0 aromatic carbocycles. The number of esters is 1. The Kier molecular flexibility index (Phi) is 11.0. The van der Waals surface area contributed by atoms with Gasteiger partial charge in [-0.1, -0.05) is 26.3 Å². The summed E-state index contributed by atoms with van der Waals surface area (Å²) in [5, 5.41) is 0. The maximum absolute atomic E-state index is 11.0. The van der Waals surface area contributed by atoms with E-state index in [1.807, 2.05) is 0 Å². The molecule has 0 unspecified atom stereocenters. The fraction of sp³-hybridized carbons (Fsp3) is 0.769. The van der Waals surface area contributed by atoms with E-state index >= 15 is 0 Å². The lowest BCUT2D eigenvalue weighted by Crippen LogP contribution is -2.13. The summed E-state index contributed by atoms with van der Waals surface area (Å²) in [5.41, 5.74) is 0.407. The number of ether oxygens (including phenoxy) is 3. The van der Waals surface area contributed by atoms with Crippen molar-refractivity contribution < 1.29 is 19.0 Å². The minimum atomic E-state index is -0.371. The largest absolute Gasteiger partial charge is 0.460 e. The molecule has 0 N–H and O–H groups in total. The lowest BCUT2D eigenvalue weighted by Gasteiger charge is -2.06. The number of rotatable bonds is 11. The quantitative estimate of drug-likeness (QED) is 0.318. The lowest BCUT2D eigenvalue weighted by molar-refractivity contribution is -0.140. The van der Waals surface area contributed by atoms with Crippen molar-refractivity contribution in [2.24, 2.45) is 0 Å². The average molecular weight is 244 g/mol. The van der Waals surface area contributed by atoms with Crippen molar-refractivity contribution in [3.63, 3.8) is 0 Å². The molecule has 0 rings (SSSR count). The summed E-state index contributed by atoms with van der Waals surface area (Å²) in [6.07, 6.45) is 3.51. The molecule has 0 saturated carbocycles. The third-order valence-electron chi connectivity index (χ3n) is 2.07. The Morgan fingerprint density at radius 2 is 1.59 bits per heavy atom. The second-order valence-electron chi connectivity index (χ2n) is 3.85. The normalized spacial score (nSPS) is 10.2. The van der Waals surface area contributed by atoms with Gasteiger partial charge in [-0.05, 0) is 13.3 Å². The molecule has 17 heavy (non-hydrogen) atoms. The average Bonchev–Trinajstić information content (AvgIpc) is 2.31. The van der Waals surface area contributed by atoms with Crippen LogP contribution in [0.2, 0.25) is 0 Å². The Labute approximate surface area is 104 Å². The third-order valence-corrected chi connectivity index (χ3v) is 2.07. The number of hydrogen-bond donors (Lipinski definition) is 0. The summed E-state index contributed by atoms with van der Waals surface area (Å²) in [4.78, 5) is 11.0. The molecule has 100 valence electrons. The summed E-state index contributed by atoms with van der Waals surface area (Å²) in [6, 6.07) is 0. The summed E-state index contributed by atoms with van der Waals surface area (Å²) in [7, 11) is 0. The summed E-state index contributed by atoms with van der Waals surface area (Å²) < 4.78 is 15.5.